The van der Waals surface area contributed by atoms with Crippen molar-refractivity contribution in [1.29, 1.82) is 0 Å². The predicted octanol–water partition coefficient (Wildman–Crippen LogP) is 1.90. The second-order valence-corrected chi connectivity index (χ2v) is 4.22. The number of aliphatic hydroxyl groups excluding tert-OH is 1. The summed E-state index contributed by atoms with van der Waals surface area (Å²) in [7, 11) is 1.56. The molecule has 5 heteroatoms. The molecule has 0 radical (unpaired) electrons. The number of hydrogen-bond acceptors (Lipinski definition) is 3. The standard InChI is InChI=1S/C13H20N2O3/c1-9-4-5-12(18-3)11(8-9)15-13(17)14-7-6-10(2)16/h4-5,8,10,16H,6-7H2,1-3H3,(H2,14,15,17). The Morgan fingerprint density at radius 3 is 2.83 bits per heavy atom. The number of anilines is 1. The number of amides is 2. The molecule has 0 aliphatic heterocycles. The van der Waals surface area contributed by atoms with E-state index >= 15 is 0 Å². The van der Waals surface area contributed by atoms with Crippen molar-refractivity contribution in [1.82, 2.24) is 5.32 Å². The number of carbonyl (C=O) groups is 1. The van der Waals surface area contributed by atoms with Crippen LogP contribution < -0.4 is 15.4 Å². The number of carbonyl (C=O) groups excluding carboxylic acids is 1. The molecule has 0 aromatic heterocycles. The Morgan fingerprint density at radius 2 is 2.22 bits per heavy atom. The van der Waals surface area contributed by atoms with E-state index in [1.807, 2.05) is 19.1 Å². The first-order chi connectivity index (χ1) is 8.52. The summed E-state index contributed by atoms with van der Waals surface area (Å²) < 4.78 is 5.16. The Hall–Kier alpha value is -1.75. The smallest absolute Gasteiger partial charge is 0.319 e. The normalized spacial score (nSPS) is 11.8. The molecule has 3 N–H and O–H groups in total. The fourth-order valence-corrected chi connectivity index (χ4v) is 1.48. The lowest BCUT2D eigenvalue weighted by Crippen LogP contribution is -2.31. The summed E-state index contributed by atoms with van der Waals surface area (Å²) in [6.07, 6.45) is 0.108. The predicted molar refractivity (Wildman–Crippen MR) is 71.1 cm³/mol. The Balaban J connectivity index is 2.55. The number of nitrogens with one attached hydrogen (secondary N) is 2. The van der Waals surface area contributed by atoms with Crippen molar-refractivity contribution in [3.63, 3.8) is 0 Å². The molecule has 100 valence electrons. The molecule has 18 heavy (non-hydrogen) atoms. The third-order valence-electron chi connectivity index (χ3n) is 2.45. The molecule has 1 aromatic carbocycles. The third-order valence-corrected chi connectivity index (χ3v) is 2.45. The minimum atomic E-state index is -0.418. The van der Waals surface area contributed by atoms with Crippen LogP contribution in [0.25, 0.3) is 0 Å². The zero-order chi connectivity index (χ0) is 13.5. The van der Waals surface area contributed by atoms with Gasteiger partial charge in [0.25, 0.3) is 0 Å². The summed E-state index contributed by atoms with van der Waals surface area (Å²) in [4.78, 5) is 11.6. The van der Waals surface area contributed by atoms with Gasteiger partial charge in [0.2, 0.25) is 0 Å². The van der Waals surface area contributed by atoms with Crippen LogP contribution in [0.15, 0.2) is 18.2 Å². The molecule has 0 saturated carbocycles. The number of aryl methyl sites for hydroxylation is 1. The molecule has 1 rings (SSSR count). The van der Waals surface area contributed by atoms with Crippen molar-refractivity contribution in [2.75, 3.05) is 19.0 Å². The summed E-state index contributed by atoms with van der Waals surface area (Å²) in [6, 6.07) is 5.25. The van der Waals surface area contributed by atoms with Gasteiger partial charge in [0.15, 0.2) is 0 Å². The maximum Gasteiger partial charge on any atom is 0.319 e. The largest absolute Gasteiger partial charge is 0.495 e. The minimum absolute atomic E-state index is 0.306. The Bertz CT molecular complexity index is 405. The van der Waals surface area contributed by atoms with Crippen LogP contribution in [0.1, 0.15) is 18.9 Å². The molecule has 5 nitrogen and oxygen atoms in total. The molecule has 0 spiro atoms. The lowest BCUT2D eigenvalue weighted by Gasteiger charge is -2.12. The van der Waals surface area contributed by atoms with Gasteiger partial charge in [-0.05, 0) is 38.0 Å². The summed E-state index contributed by atoms with van der Waals surface area (Å²) in [5, 5.41) is 14.5. The van der Waals surface area contributed by atoms with E-state index < -0.39 is 6.10 Å². The van der Waals surface area contributed by atoms with Crippen LogP contribution in [0.4, 0.5) is 10.5 Å². The fourth-order valence-electron chi connectivity index (χ4n) is 1.48. The lowest BCUT2D eigenvalue weighted by atomic mass is 10.2. The molecular formula is C13H20N2O3. The lowest BCUT2D eigenvalue weighted by molar-refractivity contribution is 0.184. The van der Waals surface area contributed by atoms with Crippen molar-refractivity contribution in [2.24, 2.45) is 0 Å². The van der Waals surface area contributed by atoms with Crippen molar-refractivity contribution >= 4 is 11.7 Å². The minimum Gasteiger partial charge on any atom is -0.495 e. The number of aliphatic hydroxyl groups is 1. The quantitative estimate of drug-likeness (QED) is 0.749. The molecule has 1 atom stereocenters. The highest BCUT2D eigenvalue weighted by atomic mass is 16.5. The van der Waals surface area contributed by atoms with E-state index in [0.717, 1.165) is 5.56 Å². The van der Waals surface area contributed by atoms with Crippen molar-refractivity contribution < 1.29 is 14.6 Å². The first-order valence-corrected chi connectivity index (χ1v) is 5.90. The molecule has 0 heterocycles. The third kappa shape index (κ3) is 4.63. The van der Waals surface area contributed by atoms with Gasteiger partial charge in [0, 0.05) is 6.54 Å². The molecular weight excluding hydrogens is 232 g/mol. The Kier molecular flexibility index (Phi) is 5.45. The van der Waals surface area contributed by atoms with Gasteiger partial charge in [-0.15, -0.1) is 0 Å². The maximum absolute atomic E-state index is 11.6. The molecule has 0 aliphatic rings. The van der Waals surface area contributed by atoms with Gasteiger partial charge in [0.1, 0.15) is 5.75 Å². The topological polar surface area (TPSA) is 70.6 Å². The van der Waals surface area contributed by atoms with Gasteiger partial charge in [-0.1, -0.05) is 6.07 Å². The van der Waals surface area contributed by atoms with Gasteiger partial charge < -0.3 is 20.5 Å². The van der Waals surface area contributed by atoms with E-state index in [0.29, 0.717) is 24.4 Å². The van der Waals surface area contributed by atoms with E-state index in [2.05, 4.69) is 10.6 Å². The Labute approximate surface area is 107 Å². The molecule has 1 aromatic rings. The molecule has 0 fully saturated rings. The van der Waals surface area contributed by atoms with Gasteiger partial charge in [-0.3, -0.25) is 0 Å². The van der Waals surface area contributed by atoms with Crippen LogP contribution in [-0.4, -0.2) is 30.9 Å². The van der Waals surface area contributed by atoms with Crippen LogP contribution in [-0.2, 0) is 0 Å². The summed E-state index contributed by atoms with van der Waals surface area (Å²) in [6.45, 7) is 4.05. The van der Waals surface area contributed by atoms with Gasteiger partial charge in [0.05, 0.1) is 18.9 Å². The van der Waals surface area contributed by atoms with Crippen molar-refractivity contribution in [2.45, 2.75) is 26.4 Å². The van der Waals surface area contributed by atoms with E-state index in [4.69, 9.17) is 9.84 Å². The van der Waals surface area contributed by atoms with Gasteiger partial charge in [-0.25, -0.2) is 4.79 Å². The van der Waals surface area contributed by atoms with Crippen molar-refractivity contribution in [3.05, 3.63) is 23.8 Å². The van der Waals surface area contributed by atoms with Crippen LogP contribution in [0.5, 0.6) is 5.75 Å². The van der Waals surface area contributed by atoms with E-state index in [1.165, 1.54) is 0 Å². The maximum atomic E-state index is 11.6. The summed E-state index contributed by atoms with van der Waals surface area (Å²) in [5.41, 5.74) is 1.67. The highest BCUT2D eigenvalue weighted by molar-refractivity contribution is 5.91. The molecule has 0 aliphatic carbocycles. The second-order valence-electron chi connectivity index (χ2n) is 4.22. The van der Waals surface area contributed by atoms with Crippen molar-refractivity contribution in [3.8, 4) is 5.75 Å². The average molecular weight is 252 g/mol. The zero-order valence-corrected chi connectivity index (χ0v) is 11.0. The van der Waals surface area contributed by atoms with Crippen LogP contribution >= 0.6 is 0 Å². The number of methoxy groups -OCH3 is 1. The number of rotatable bonds is 5. The summed E-state index contributed by atoms with van der Waals surface area (Å²) >= 11 is 0. The number of hydrogen-bond donors (Lipinski definition) is 3. The highest BCUT2D eigenvalue weighted by Crippen LogP contribution is 2.24. The van der Waals surface area contributed by atoms with Crippen LogP contribution in [0.2, 0.25) is 0 Å². The molecule has 0 saturated heterocycles. The number of urea groups is 1. The first-order valence-electron chi connectivity index (χ1n) is 5.90. The zero-order valence-electron chi connectivity index (χ0n) is 11.0. The average Bonchev–Trinajstić information content (AvgIpc) is 2.28. The molecule has 0 bridgehead atoms. The monoisotopic (exact) mass is 252 g/mol. The van der Waals surface area contributed by atoms with E-state index in [-0.39, 0.29) is 6.03 Å². The molecule has 1 unspecified atom stereocenters. The van der Waals surface area contributed by atoms with Gasteiger partial charge in [-0.2, -0.15) is 0 Å². The number of ether oxygens (including phenoxy) is 1. The van der Waals surface area contributed by atoms with E-state index in [1.54, 1.807) is 20.1 Å². The van der Waals surface area contributed by atoms with Crippen LogP contribution in [0, 0.1) is 6.92 Å². The fraction of sp³-hybridized carbons (Fsp3) is 0.462. The van der Waals surface area contributed by atoms with Crippen LogP contribution in [0.3, 0.4) is 0 Å². The SMILES string of the molecule is COc1ccc(C)cc1NC(=O)NCCC(C)O. The van der Waals surface area contributed by atoms with Gasteiger partial charge >= 0.3 is 6.03 Å². The number of benzene rings is 1. The first kappa shape index (κ1) is 14.3. The Morgan fingerprint density at radius 1 is 1.50 bits per heavy atom. The molecule has 2 amide bonds. The highest BCUT2D eigenvalue weighted by Gasteiger charge is 2.07. The van der Waals surface area contributed by atoms with E-state index in [9.17, 15) is 4.79 Å². The second kappa shape index (κ2) is 6.86. The summed E-state index contributed by atoms with van der Waals surface area (Å²) in [5.74, 6) is 0.617.